The van der Waals surface area contributed by atoms with Gasteiger partial charge in [0.1, 0.15) is 30.8 Å². The predicted octanol–water partition coefficient (Wildman–Crippen LogP) is 5.74. The highest BCUT2D eigenvalue weighted by Gasteiger charge is 2.36. The normalized spacial score (nSPS) is 16.5. The van der Waals surface area contributed by atoms with E-state index >= 15 is 0 Å². The van der Waals surface area contributed by atoms with Crippen molar-refractivity contribution in [3.05, 3.63) is 95.6 Å². The monoisotopic (exact) mass is 902 g/mol. The molecule has 7 N–H and O–H groups in total. The van der Waals surface area contributed by atoms with Gasteiger partial charge in [0.25, 0.3) is 0 Å². The summed E-state index contributed by atoms with van der Waals surface area (Å²) in [5.41, 5.74) is 21.9. The maximum absolute atomic E-state index is 14.9. The van der Waals surface area contributed by atoms with E-state index in [-0.39, 0.29) is 70.0 Å². The zero-order valence-electron chi connectivity index (χ0n) is 38.3. The zero-order valence-corrected chi connectivity index (χ0v) is 38.3. The van der Waals surface area contributed by atoms with Gasteiger partial charge in [-0.05, 0) is 84.5 Å². The fraction of sp³-hybridized carbons (Fsp3) is 0.412. The van der Waals surface area contributed by atoms with Crippen molar-refractivity contribution in [1.82, 2.24) is 10.2 Å². The number of hydrogen-bond donors (Lipinski definition) is 4. The number of ketones is 3. The second kappa shape index (κ2) is 24.6. The third-order valence-corrected chi connectivity index (χ3v) is 11.7. The Labute approximate surface area is 386 Å². The number of Topliss-reactive ketones (excluding diaryl/α,β-unsaturated/α-hetero) is 3. The van der Waals surface area contributed by atoms with E-state index in [0.717, 1.165) is 11.1 Å². The molecule has 66 heavy (non-hydrogen) atoms. The molecule has 4 bridgehead atoms. The molecule has 0 radical (unpaired) electrons. The molecule has 350 valence electrons. The van der Waals surface area contributed by atoms with Crippen molar-refractivity contribution in [2.45, 2.75) is 70.4 Å². The summed E-state index contributed by atoms with van der Waals surface area (Å²) in [4.78, 5) is 72.4. The number of nitriles is 1. The molecule has 0 saturated carbocycles. The van der Waals surface area contributed by atoms with Crippen LogP contribution in [0.15, 0.2) is 78.9 Å². The Bertz CT molecular complexity index is 2380. The Hall–Kier alpha value is -6.60. The molecule has 4 aromatic rings. The minimum absolute atomic E-state index is 0.0290. The third-order valence-electron chi connectivity index (χ3n) is 11.7. The lowest BCUT2D eigenvalue weighted by atomic mass is 9.87. The molecule has 0 spiro atoms. The highest BCUT2D eigenvalue weighted by atomic mass is 16.5. The summed E-state index contributed by atoms with van der Waals surface area (Å²) < 4.78 is 23.1. The molecule has 0 aliphatic carbocycles. The van der Waals surface area contributed by atoms with E-state index in [1.807, 2.05) is 42.5 Å². The van der Waals surface area contributed by atoms with E-state index in [1.54, 1.807) is 63.6 Å². The Kier molecular flexibility index (Phi) is 18.8. The summed E-state index contributed by atoms with van der Waals surface area (Å²) in [5.74, 6) is -1.67. The molecule has 2 amide bonds. The van der Waals surface area contributed by atoms with Gasteiger partial charge in [0, 0.05) is 74.3 Å². The van der Waals surface area contributed by atoms with Crippen molar-refractivity contribution in [1.29, 1.82) is 5.26 Å². The molecule has 0 saturated heterocycles. The number of nitrogens with two attached hydrogens (primary N) is 3. The second-order valence-corrected chi connectivity index (χ2v) is 16.4. The number of hydrogen-bond acceptors (Lipinski definition) is 13. The van der Waals surface area contributed by atoms with E-state index in [0.29, 0.717) is 76.6 Å². The standard InChI is InChI=1S/C51H62N6O9/c1-32-26-44(60)49(57(2)51(62)38(8-5-6-20-52)30-43(59)35-13-11-34(12-14-35)36-15-19-47(63-3)48(31-36)64-4)37-16-18-46(66-25-23-55)40(29-37)39-27-33(10-17-45(39)65-24-22-54)28-41(56-50(32)61)42(58)9-7-21-53/h10-19,27,29,31-32,38,41,49H,5-9,20,22-26,28,30,52,54-55H2,1-4H3,(H,56,61)/t32-,38-,41+,49+/m1/s1. The van der Waals surface area contributed by atoms with E-state index in [4.69, 9.17) is 36.1 Å². The summed E-state index contributed by atoms with van der Waals surface area (Å²) in [7, 11) is 4.66. The minimum atomic E-state index is -1.21. The number of carbonyl (C=O) groups excluding carboxylic acids is 5. The number of nitrogens with zero attached hydrogens (tertiary/aromatic N) is 2. The van der Waals surface area contributed by atoms with Gasteiger partial charge in [-0.15, -0.1) is 0 Å². The van der Waals surface area contributed by atoms with E-state index in [1.165, 1.54) is 11.9 Å². The molecular formula is C51H62N6O9. The first-order chi connectivity index (χ1) is 31.9. The summed E-state index contributed by atoms with van der Waals surface area (Å²) >= 11 is 0. The lowest BCUT2D eigenvalue weighted by molar-refractivity contribution is -0.142. The highest BCUT2D eigenvalue weighted by Crippen LogP contribution is 2.41. The number of unbranched alkanes of at least 4 members (excludes halogenated alkanes) is 1. The third kappa shape index (κ3) is 12.8. The van der Waals surface area contributed by atoms with Crippen LogP contribution in [0.25, 0.3) is 22.3 Å². The molecule has 1 aliphatic heterocycles. The summed E-state index contributed by atoms with van der Waals surface area (Å²) in [6, 6.07) is 23.0. The quantitative estimate of drug-likeness (QED) is 0.0577. The first-order valence-corrected chi connectivity index (χ1v) is 22.4. The second-order valence-electron chi connectivity index (χ2n) is 16.4. The van der Waals surface area contributed by atoms with Gasteiger partial charge in [0.15, 0.2) is 28.8 Å². The molecule has 4 atom stereocenters. The van der Waals surface area contributed by atoms with E-state index < -0.39 is 41.5 Å². The number of ether oxygens (including phenoxy) is 4. The number of methoxy groups -OCH3 is 2. The van der Waals surface area contributed by atoms with Crippen LogP contribution in [-0.2, 0) is 25.6 Å². The molecule has 0 aromatic heterocycles. The van der Waals surface area contributed by atoms with Crippen LogP contribution in [0.2, 0.25) is 0 Å². The Morgan fingerprint density at radius 2 is 1.42 bits per heavy atom. The van der Waals surface area contributed by atoms with Gasteiger partial charge in [0.2, 0.25) is 11.8 Å². The van der Waals surface area contributed by atoms with Crippen molar-refractivity contribution in [2.24, 2.45) is 29.0 Å². The van der Waals surface area contributed by atoms with Gasteiger partial charge in [0.05, 0.1) is 26.3 Å². The van der Waals surface area contributed by atoms with Gasteiger partial charge in [-0.3, -0.25) is 24.0 Å². The Morgan fingerprint density at radius 1 is 0.788 bits per heavy atom. The van der Waals surface area contributed by atoms with Gasteiger partial charge in [-0.2, -0.15) is 5.26 Å². The Morgan fingerprint density at radius 3 is 2.06 bits per heavy atom. The van der Waals surface area contributed by atoms with Crippen molar-refractivity contribution in [3.63, 3.8) is 0 Å². The Balaban J connectivity index is 1.57. The van der Waals surface area contributed by atoms with Crippen LogP contribution in [0.3, 0.4) is 0 Å². The average Bonchev–Trinajstić information content (AvgIpc) is 3.33. The van der Waals surface area contributed by atoms with Gasteiger partial charge >= 0.3 is 0 Å². The van der Waals surface area contributed by atoms with Gasteiger partial charge < -0.3 is 46.4 Å². The topological polar surface area (TPSA) is 239 Å². The predicted molar refractivity (Wildman–Crippen MR) is 251 cm³/mol. The van der Waals surface area contributed by atoms with Crippen LogP contribution < -0.4 is 41.5 Å². The molecule has 1 aliphatic rings. The van der Waals surface area contributed by atoms with Gasteiger partial charge in [-0.1, -0.05) is 55.8 Å². The molecule has 5 rings (SSSR count). The number of amides is 2. The largest absolute Gasteiger partial charge is 0.493 e. The summed E-state index contributed by atoms with van der Waals surface area (Å²) in [6.07, 6.45) is 1.11. The zero-order chi connectivity index (χ0) is 47.8. The van der Waals surface area contributed by atoms with Crippen molar-refractivity contribution >= 4 is 29.2 Å². The molecule has 15 nitrogen and oxygen atoms in total. The first-order valence-electron chi connectivity index (χ1n) is 22.4. The maximum atomic E-state index is 14.9. The number of rotatable bonds is 21. The van der Waals surface area contributed by atoms with Crippen molar-refractivity contribution < 1.29 is 42.9 Å². The number of likely N-dealkylation sites (N-methyl/N-ethyl adjacent to an activating group) is 1. The van der Waals surface area contributed by atoms with Crippen LogP contribution >= 0.6 is 0 Å². The number of benzene rings is 4. The van der Waals surface area contributed by atoms with Crippen LogP contribution in [0, 0.1) is 23.2 Å². The number of nitrogens with one attached hydrogen (secondary N) is 1. The summed E-state index contributed by atoms with van der Waals surface area (Å²) in [6.45, 7) is 2.78. The summed E-state index contributed by atoms with van der Waals surface area (Å²) in [5, 5.41) is 12.1. The fourth-order valence-electron chi connectivity index (χ4n) is 8.18. The lowest BCUT2D eigenvalue weighted by Gasteiger charge is -2.32. The maximum Gasteiger partial charge on any atom is 0.226 e. The SMILES string of the molecule is COc1ccc(-c2ccc(C(=O)C[C@@H](CCCCN)C(=O)N(C)[C@@H]3C(=O)C[C@@H](C)C(=O)N[C@H](C(=O)CCC#N)Cc4ccc(OCCN)c(c4)-c4cc3ccc4OCCN)cc2)cc1OC. The average molecular weight is 903 g/mol. The van der Waals surface area contributed by atoms with Crippen LogP contribution in [0.5, 0.6) is 23.0 Å². The number of carbonyl (C=O) groups is 5. The molecule has 0 unspecified atom stereocenters. The van der Waals surface area contributed by atoms with E-state index in [9.17, 15) is 29.2 Å². The van der Waals surface area contributed by atoms with Crippen LogP contribution in [-0.4, -0.2) is 94.2 Å². The minimum Gasteiger partial charge on any atom is -0.493 e. The van der Waals surface area contributed by atoms with Gasteiger partial charge in [-0.25, -0.2) is 0 Å². The van der Waals surface area contributed by atoms with E-state index in [2.05, 4.69) is 5.32 Å². The molecule has 15 heteroatoms. The highest BCUT2D eigenvalue weighted by molar-refractivity contribution is 6.00. The fourth-order valence-corrected chi connectivity index (χ4v) is 8.18. The molecule has 4 aromatic carbocycles. The molecule has 0 fully saturated rings. The smallest absolute Gasteiger partial charge is 0.226 e. The van der Waals surface area contributed by atoms with Crippen LogP contribution in [0.1, 0.15) is 79.4 Å². The first kappa shape index (κ1) is 50.4. The lowest BCUT2D eigenvalue weighted by Crippen LogP contribution is -2.45. The van der Waals surface area contributed by atoms with Crippen molar-refractivity contribution in [3.8, 4) is 51.3 Å². The molecule has 1 heterocycles. The number of fused-ring (bicyclic) bond motifs is 5. The van der Waals surface area contributed by atoms with Crippen LogP contribution in [0.4, 0.5) is 0 Å². The van der Waals surface area contributed by atoms with Crippen molar-refractivity contribution in [2.75, 3.05) is 54.1 Å². The molecular weight excluding hydrogens is 841 g/mol.